The Morgan fingerprint density at radius 1 is 0.708 bits per heavy atom. The number of rotatable bonds is 4. The fourth-order valence-corrected chi connectivity index (χ4v) is 6.87. The number of nitrogens with zero attached hydrogens (tertiary/aromatic N) is 2. The molecule has 2 N–H and O–H groups in total. The molecular formula is C38H37F6N3O. The summed E-state index contributed by atoms with van der Waals surface area (Å²) in [6.45, 7) is 27.1. The van der Waals surface area contributed by atoms with Crippen LogP contribution in [0.15, 0.2) is 67.8 Å². The standard InChI is InChI=1S/C38H37F6N3O/c1-20(45)27-16-13-26(19-32(27)34(5,6)7)46-21(2)30-17-25(12-15-29(30)33(46)48)36(37(39,40)41,38(42,43)44)24-11-14-28-22(3)47(35(8,9)10)23(4)31(28)18-24/h11-19H,1-4,45H2,5-10H3. The molecule has 0 spiro atoms. The minimum absolute atomic E-state index is 0.0614. The minimum atomic E-state index is -5.85. The lowest BCUT2D eigenvalue weighted by atomic mass is 9.72. The van der Waals surface area contributed by atoms with Crippen LogP contribution in [0.3, 0.4) is 0 Å². The number of benzene rings is 3. The summed E-state index contributed by atoms with van der Waals surface area (Å²) >= 11 is 0. The zero-order chi connectivity index (χ0) is 36.1. The van der Waals surface area contributed by atoms with E-state index in [1.54, 1.807) is 22.8 Å². The third kappa shape index (κ3) is 4.95. The van der Waals surface area contributed by atoms with Crippen molar-refractivity contribution in [2.45, 2.75) is 70.3 Å². The lowest BCUT2D eigenvalue weighted by Gasteiger charge is -2.38. The van der Waals surface area contributed by atoms with Crippen LogP contribution < -0.4 is 21.3 Å². The van der Waals surface area contributed by atoms with Gasteiger partial charge in [-0.05, 0) is 73.2 Å². The van der Waals surface area contributed by atoms with Gasteiger partial charge in [-0.1, -0.05) is 71.4 Å². The number of aromatic nitrogens is 1. The molecule has 48 heavy (non-hydrogen) atoms. The van der Waals surface area contributed by atoms with Crippen molar-refractivity contribution < 1.29 is 31.1 Å². The molecule has 1 aliphatic rings. The Hall–Kier alpha value is -4.73. The summed E-state index contributed by atoms with van der Waals surface area (Å²) in [6.07, 6.45) is -11.7. The molecule has 1 aliphatic heterocycles. The van der Waals surface area contributed by atoms with Gasteiger partial charge in [0.1, 0.15) is 0 Å². The molecule has 0 atom stereocenters. The fraction of sp³-hybridized carbons (Fsp3) is 0.289. The first kappa shape index (κ1) is 34.6. The first-order valence-electron chi connectivity index (χ1n) is 15.1. The fourth-order valence-electron chi connectivity index (χ4n) is 6.87. The maximum Gasteiger partial charge on any atom is 0.411 e. The molecule has 0 saturated carbocycles. The maximum absolute atomic E-state index is 15.3. The summed E-state index contributed by atoms with van der Waals surface area (Å²) in [7, 11) is 0. The van der Waals surface area contributed by atoms with E-state index in [2.05, 4.69) is 26.3 Å². The summed E-state index contributed by atoms with van der Waals surface area (Å²) < 4.78 is 93.3. The molecule has 0 aliphatic carbocycles. The molecule has 0 unspecified atom stereocenters. The molecule has 0 saturated heterocycles. The van der Waals surface area contributed by atoms with E-state index in [4.69, 9.17) is 5.73 Å². The van der Waals surface area contributed by atoms with Gasteiger partial charge >= 0.3 is 12.4 Å². The van der Waals surface area contributed by atoms with Gasteiger partial charge in [-0.2, -0.15) is 26.3 Å². The van der Waals surface area contributed by atoms with Crippen LogP contribution in [0.4, 0.5) is 32.0 Å². The van der Waals surface area contributed by atoms with Crippen molar-refractivity contribution in [1.82, 2.24) is 4.57 Å². The Bertz CT molecular complexity index is 2120. The smallest absolute Gasteiger partial charge is 0.399 e. The highest BCUT2D eigenvalue weighted by atomic mass is 19.4. The number of carbonyl (C=O) groups is 1. The molecule has 5 rings (SSSR count). The van der Waals surface area contributed by atoms with E-state index in [1.165, 1.54) is 11.0 Å². The molecule has 2 heterocycles. The molecule has 4 nitrogen and oxygen atoms in total. The number of nitrogens with two attached hydrogens (primary N) is 1. The van der Waals surface area contributed by atoms with Gasteiger partial charge in [0.25, 0.3) is 5.91 Å². The van der Waals surface area contributed by atoms with Crippen LogP contribution >= 0.6 is 0 Å². The van der Waals surface area contributed by atoms with Gasteiger partial charge in [-0.3, -0.25) is 9.69 Å². The summed E-state index contributed by atoms with van der Waals surface area (Å²) in [4.78, 5) is 14.9. The molecule has 10 heteroatoms. The average molecular weight is 666 g/mol. The highest BCUT2D eigenvalue weighted by Gasteiger charge is 2.72. The van der Waals surface area contributed by atoms with Crippen molar-refractivity contribution in [2.75, 3.05) is 4.90 Å². The van der Waals surface area contributed by atoms with Crippen molar-refractivity contribution in [3.8, 4) is 0 Å². The zero-order valence-corrected chi connectivity index (χ0v) is 27.7. The second-order valence-corrected chi connectivity index (χ2v) is 14.3. The number of hydrogen-bond acceptors (Lipinski definition) is 2. The second-order valence-electron chi connectivity index (χ2n) is 14.3. The number of anilines is 1. The van der Waals surface area contributed by atoms with Crippen molar-refractivity contribution >= 4 is 46.9 Å². The van der Waals surface area contributed by atoms with Gasteiger partial charge in [0, 0.05) is 55.1 Å². The molecule has 4 aromatic rings. The van der Waals surface area contributed by atoms with Crippen LogP contribution in [-0.4, -0.2) is 22.8 Å². The third-order valence-corrected chi connectivity index (χ3v) is 9.02. The topological polar surface area (TPSA) is 51.3 Å². The van der Waals surface area contributed by atoms with Crippen LogP contribution in [0, 0.1) is 0 Å². The lowest BCUT2D eigenvalue weighted by Crippen LogP contribution is -2.54. The van der Waals surface area contributed by atoms with E-state index < -0.39 is 45.8 Å². The predicted octanol–water partition coefficient (Wildman–Crippen LogP) is 8.49. The number of carbonyl (C=O) groups excluding carboxylic acids is 1. The zero-order valence-electron chi connectivity index (χ0n) is 27.7. The van der Waals surface area contributed by atoms with Crippen molar-refractivity contribution in [1.29, 1.82) is 0 Å². The molecular weight excluding hydrogens is 628 g/mol. The van der Waals surface area contributed by atoms with Crippen molar-refractivity contribution in [2.24, 2.45) is 5.73 Å². The minimum Gasteiger partial charge on any atom is -0.399 e. The van der Waals surface area contributed by atoms with Crippen LogP contribution in [0.1, 0.15) is 79.7 Å². The Kier molecular flexibility index (Phi) is 7.67. The number of alkyl halides is 6. The SMILES string of the molecule is C=C(N)c1ccc(N2C(=C)c3cc(C(c4ccc5c(=C)n(C(C)(C)C)c(=C)c5c4)(C(F)(F)F)C(F)(F)F)ccc3C2=O)cc1C(C)(C)C. The van der Waals surface area contributed by atoms with Crippen LogP contribution in [0.2, 0.25) is 0 Å². The van der Waals surface area contributed by atoms with Gasteiger partial charge in [-0.15, -0.1) is 0 Å². The van der Waals surface area contributed by atoms with E-state index in [0.29, 0.717) is 27.7 Å². The molecule has 0 bridgehead atoms. The number of amides is 1. The van der Waals surface area contributed by atoms with Crippen molar-refractivity contribution in [3.63, 3.8) is 0 Å². The average Bonchev–Trinajstić information content (AvgIpc) is 3.34. The summed E-state index contributed by atoms with van der Waals surface area (Å²) in [5.74, 6) is -0.639. The molecule has 252 valence electrons. The van der Waals surface area contributed by atoms with Gasteiger partial charge in [-0.25, -0.2) is 0 Å². The van der Waals surface area contributed by atoms with Crippen molar-refractivity contribution in [3.05, 3.63) is 112 Å². The van der Waals surface area contributed by atoms with Crippen LogP contribution in [0.25, 0.3) is 35.3 Å². The molecule has 0 radical (unpaired) electrons. The molecule has 0 fully saturated rings. The summed E-state index contributed by atoms with van der Waals surface area (Å²) in [5, 5.41) is 1.17. The van der Waals surface area contributed by atoms with E-state index in [-0.39, 0.29) is 27.6 Å². The van der Waals surface area contributed by atoms with Crippen LogP contribution in [-0.2, 0) is 16.4 Å². The van der Waals surface area contributed by atoms with E-state index >= 15 is 26.3 Å². The second kappa shape index (κ2) is 10.6. The number of halogens is 6. The Balaban J connectivity index is 1.74. The maximum atomic E-state index is 15.3. The van der Waals surface area contributed by atoms with Gasteiger partial charge in [0.15, 0.2) is 0 Å². The monoisotopic (exact) mass is 665 g/mol. The summed E-state index contributed by atoms with van der Waals surface area (Å²) in [5.41, 5.74) is 0.0930. The highest BCUT2D eigenvalue weighted by molar-refractivity contribution is 6.22. The van der Waals surface area contributed by atoms with E-state index in [9.17, 15) is 4.79 Å². The number of hydrogen-bond donors (Lipinski definition) is 1. The first-order valence-corrected chi connectivity index (χ1v) is 15.1. The molecule has 3 aromatic carbocycles. The first-order chi connectivity index (χ1) is 21.9. The quantitative estimate of drug-likeness (QED) is 0.223. The van der Waals surface area contributed by atoms with Gasteiger partial charge < -0.3 is 10.3 Å². The van der Waals surface area contributed by atoms with Gasteiger partial charge in [0.2, 0.25) is 5.41 Å². The largest absolute Gasteiger partial charge is 0.411 e. The molecule has 1 amide bonds. The number of fused-ring (bicyclic) bond motifs is 2. The van der Waals surface area contributed by atoms with E-state index in [0.717, 1.165) is 35.9 Å². The predicted molar refractivity (Wildman–Crippen MR) is 181 cm³/mol. The van der Waals surface area contributed by atoms with E-state index in [1.807, 2.05) is 41.5 Å². The normalized spacial score (nSPS) is 14.6. The van der Waals surface area contributed by atoms with Gasteiger partial charge in [0.05, 0.1) is 5.70 Å². The molecule has 1 aromatic heterocycles. The Morgan fingerprint density at radius 3 is 1.77 bits per heavy atom. The Labute approximate surface area is 275 Å². The lowest BCUT2D eigenvalue weighted by molar-refractivity contribution is -0.288. The summed E-state index contributed by atoms with van der Waals surface area (Å²) in [6, 6.07) is 10.4. The Morgan fingerprint density at radius 2 is 1.25 bits per heavy atom. The van der Waals surface area contributed by atoms with Crippen LogP contribution in [0.5, 0.6) is 0 Å². The highest BCUT2D eigenvalue weighted by Crippen LogP contribution is 2.57. The third-order valence-electron chi connectivity index (χ3n) is 9.02.